The summed E-state index contributed by atoms with van der Waals surface area (Å²) in [5.74, 6) is 1.22. The van der Waals surface area contributed by atoms with Crippen LogP contribution in [0.5, 0.6) is 0 Å². The average molecular weight is 465 g/mol. The van der Waals surface area contributed by atoms with E-state index < -0.39 is 0 Å². The van der Waals surface area contributed by atoms with Gasteiger partial charge in [-0.05, 0) is 43.4 Å². The summed E-state index contributed by atoms with van der Waals surface area (Å²) in [6.07, 6.45) is 3.14. The molecule has 1 aromatic carbocycles. The second kappa shape index (κ2) is 14.3. The number of aromatic nitrogens is 1. The van der Waals surface area contributed by atoms with Crippen molar-refractivity contribution in [2.24, 2.45) is 0 Å². The number of carbonyl (C=O) groups excluding carboxylic acids is 1. The van der Waals surface area contributed by atoms with Gasteiger partial charge >= 0.3 is 0 Å². The first kappa shape index (κ1) is 27.2. The standard InChI is InChI=1S/C20H28N4OS.2CH2O2/c1-15-12-19(21-18-13-16(26-4)6-7-17(15)18)24-9-5-8-23(10-11-24)14-20(25)22(2)3;2*2-1-3/h6-7,12-13H,5,8-11,14H2,1-4H3;2*1H,(H,2,3). The minimum atomic E-state index is -0.250. The Labute approximate surface area is 193 Å². The van der Waals surface area contributed by atoms with Gasteiger partial charge in [-0.2, -0.15) is 0 Å². The van der Waals surface area contributed by atoms with Crippen molar-refractivity contribution in [1.29, 1.82) is 0 Å². The Morgan fingerprint density at radius 3 is 2.38 bits per heavy atom. The van der Waals surface area contributed by atoms with Gasteiger partial charge in [-0.15, -0.1) is 11.8 Å². The fourth-order valence-electron chi connectivity index (χ4n) is 3.34. The van der Waals surface area contributed by atoms with Crippen molar-refractivity contribution < 1.29 is 24.6 Å². The maximum Gasteiger partial charge on any atom is 0.290 e. The normalized spacial score (nSPS) is 13.7. The van der Waals surface area contributed by atoms with Gasteiger partial charge in [0.25, 0.3) is 12.9 Å². The zero-order valence-electron chi connectivity index (χ0n) is 19.0. The quantitative estimate of drug-likeness (QED) is 0.519. The molecule has 1 saturated heterocycles. The molecule has 0 radical (unpaired) electrons. The molecule has 0 atom stereocenters. The molecule has 1 aliphatic heterocycles. The summed E-state index contributed by atoms with van der Waals surface area (Å²) in [6.45, 7) is 5.89. The fraction of sp³-hybridized carbons (Fsp3) is 0.455. The third-order valence-electron chi connectivity index (χ3n) is 4.98. The van der Waals surface area contributed by atoms with E-state index in [0.29, 0.717) is 6.54 Å². The van der Waals surface area contributed by atoms with E-state index in [1.807, 2.05) is 14.1 Å². The van der Waals surface area contributed by atoms with Crippen molar-refractivity contribution in [3.63, 3.8) is 0 Å². The summed E-state index contributed by atoms with van der Waals surface area (Å²) >= 11 is 1.75. The van der Waals surface area contributed by atoms with E-state index in [1.165, 1.54) is 15.8 Å². The van der Waals surface area contributed by atoms with Crippen molar-refractivity contribution in [2.45, 2.75) is 18.2 Å². The maximum atomic E-state index is 12.0. The molecule has 2 heterocycles. The molecule has 9 nitrogen and oxygen atoms in total. The summed E-state index contributed by atoms with van der Waals surface area (Å²) < 4.78 is 0. The van der Waals surface area contributed by atoms with E-state index in [2.05, 4.69) is 47.2 Å². The highest BCUT2D eigenvalue weighted by molar-refractivity contribution is 7.98. The van der Waals surface area contributed by atoms with Gasteiger partial charge in [-0.3, -0.25) is 19.3 Å². The number of likely N-dealkylation sites (N-methyl/N-ethyl adjacent to an activating group) is 1. The van der Waals surface area contributed by atoms with Gasteiger partial charge in [-0.1, -0.05) is 6.07 Å². The Morgan fingerprint density at radius 1 is 1.12 bits per heavy atom. The number of carbonyl (C=O) groups is 3. The van der Waals surface area contributed by atoms with Crippen LogP contribution in [0.1, 0.15) is 12.0 Å². The molecule has 1 aromatic heterocycles. The molecule has 0 aliphatic carbocycles. The molecule has 176 valence electrons. The van der Waals surface area contributed by atoms with Crippen molar-refractivity contribution in [3.05, 3.63) is 29.8 Å². The number of carboxylic acid groups (broad SMARTS) is 2. The van der Waals surface area contributed by atoms with Crippen LogP contribution in [0.4, 0.5) is 5.82 Å². The lowest BCUT2D eigenvalue weighted by molar-refractivity contribution is -0.130. The second-order valence-electron chi connectivity index (χ2n) is 7.30. The van der Waals surface area contributed by atoms with Gasteiger partial charge in [0.05, 0.1) is 12.1 Å². The summed E-state index contributed by atoms with van der Waals surface area (Å²) in [7, 11) is 3.63. The zero-order valence-corrected chi connectivity index (χ0v) is 19.8. The number of hydrogen-bond acceptors (Lipinski definition) is 7. The van der Waals surface area contributed by atoms with Gasteiger partial charge in [0.2, 0.25) is 5.91 Å². The topological polar surface area (TPSA) is 114 Å². The minimum Gasteiger partial charge on any atom is -0.483 e. The predicted molar refractivity (Wildman–Crippen MR) is 128 cm³/mol. The highest BCUT2D eigenvalue weighted by Crippen LogP contribution is 2.26. The average Bonchev–Trinajstić information content (AvgIpc) is 3.00. The molecule has 0 bridgehead atoms. The number of amides is 1. The summed E-state index contributed by atoms with van der Waals surface area (Å²) in [6, 6.07) is 8.70. The van der Waals surface area contributed by atoms with E-state index >= 15 is 0 Å². The Bertz CT molecular complexity index is 888. The Morgan fingerprint density at radius 2 is 1.78 bits per heavy atom. The van der Waals surface area contributed by atoms with Crippen molar-refractivity contribution in [2.75, 3.05) is 58.0 Å². The van der Waals surface area contributed by atoms with Crippen LogP contribution in [0, 0.1) is 6.92 Å². The number of anilines is 1. The molecular weight excluding hydrogens is 432 g/mol. The van der Waals surface area contributed by atoms with Crippen LogP contribution in [-0.4, -0.2) is 96.9 Å². The summed E-state index contributed by atoms with van der Waals surface area (Å²) in [5.41, 5.74) is 2.33. The number of nitrogens with zero attached hydrogens (tertiary/aromatic N) is 4. The molecule has 1 amide bonds. The molecular formula is C22H32N4O5S. The molecule has 3 rings (SSSR count). The Kier molecular flexibility index (Phi) is 12.1. The third kappa shape index (κ3) is 8.35. The SMILES string of the molecule is CSc1ccc2c(C)cc(N3CCCN(CC(=O)N(C)C)CC3)nc2c1.O=CO.O=CO. The first-order chi connectivity index (χ1) is 15.3. The second-order valence-corrected chi connectivity index (χ2v) is 8.18. The summed E-state index contributed by atoms with van der Waals surface area (Å²) in [5, 5.41) is 15.0. The lowest BCUT2D eigenvalue weighted by atomic mass is 10.1. The first-order valence-corrected chi connectivity index (χ1v) is 11.3. The van der Waals surface area contributed by atoms with Crippen LogP contribution in [0.2, 0.25) is 0 Å². The smallest absolute Gasteiger partial charge is 0.290 e. The molecule has 0 unspecified atom stereocenters. The van der Waals surface area contributed by atoms with Crippen LogP contribution < -0.4 is 4.90 Å². The highest BCUT2D eigenvalue weighted by atomic mass is 32.2. The number of benzene rings is 1. The van der Waals surface area contributed by atoms with E-state index in [4.69, 9.17) is 24.8 Å². The summed E-state index contributed by atoms with van der Waals surface area (Å²) in [4.78, 5) is 41.2. The molecule has 2 aromatic rings. The Hall–Kier alpha value is -2.85. The highest BCUT2D eigenvalue weighted by Gasteiger charge is 2.19. The van der Waals surface area contributed by atoms with E-state index in [0.717, 1.165) is 43.9 Å². The van der Waals surface area contributed by atoms with Gasteiger partial charge in [-0.25, -0.2) is 4.98 Å². The van der Waals surface area contributed by atoms with Crippen molar-refractivity contribution in [1.82, 2.24) is 14.8 Å². The number of rotatable bonds is 4. The number of fused-ring (bicyclic) bond motifs is 1. The zero-order chi connectivity index (χ0) is 24.1. The lowest BCUT2D eigenvalue weighted by Crippen LogP contribution is -2.38. The lowest BCUT2D eigenvalue weighted by Gasteiger charge is -2.24. The molecule has 0 spiro atoms. The molecule has 0 saturated carbocycles. The number of pyridine rings is 1. The molecule has 1 aliphatic rings. The third-order valence-corrected chi connectivity index (χ3v) is 5.71. The molecule has 32 heavy (non-hydrogen) atoms. The largest absolute Gasteiger partial charge is 0.483 e. The van der Waals surface area contributed by atoms with E-state index in [9.17, 15) is 4.79 Å². The first-order valence-electron chi connectivity index (χ1n) is 10.1. The van der Waals surface area contributed by atoms with Crippen LogP contribution >= 0.6 is 11.8 Å². The van der Waals surface area contributed by atoms with Gasteiger partial charge < -0.3 is 20.0 Å². The predicted octanol–water partition coefficient (Wildman–Crippen LogP) is 2.27. The van der Waals surface area contributed by atoms with Gasteiger partial charge in [0.1, 0.15) is 5.82 Å². The monoisotopic (exact) mass is 464 g/mol. The van der Waals surface area contributed by atoms with Crippen molar-refractivity contribution in [3.8, 4) is 0 Å². The number of hydrogen-bond donors (Lipinski definition) is 2. The minimum absolute atomic E-state index is 0.169. The van der Waals surface area contributed by atoms with E-state index in [-0.39, 0.29) is 18.9 Å². The molecule has 1 fully saturated rings. The van der Waals surface area contributed by atoms with Gasteiger partial charge in [0, 0.05) is 50.6 Å². The molecule has 2 N–H and O–H groups in total. The number of aryl methyl sites for hydroxylation is 1. The van der Waals surface area contributed by atoms with Crippen molar-refractivity contribution >= 4 is 47.3 Å². The maximum absolute atomic E-state index is 12.0. The Balaban J connectivity index is 0.000000769. The van der Waals surface area contributed by atoms with Gasteiger partial charge in [0.15, 0.2) is 0 Å². The van der Waals surface area contributed by atoms with Crippen LogP contribution in [-0.2, 0) is 14.4 Å². The van der Waals surface area contributed by atoms with Crippen LogP contribution in [0.25, 0.3) is 10.9 Å². The van der Waals surface area contributed by atoms with E-state index in [1.54, 1.807) is 16.7 Å². The number of thioether (sulfide) groups is 1. The van der Waals surface area contributed by atoms with Crippen LogP contribution in [0.15, 0.2) is 29.2 Å². The van der Waals surface area contributed by atoms with Crippen LogP contribution in [0.3, 0.4) is 0 Å². The molecule has 10 heteroatoms. The fourth-order valence-corrected chi connectivity index (χ4v) is 3.78.